The number of rotatable bonds is 7. The van der Waals surface area contributed by atoms with Crippen molar-refractivity contribution < 1.29 is 27.4 Å². The van der Waals surface area contributed by atoms with Crippen molar-refractivity contribution in [2.24, 2.45) is 0 Å². The summed E-state index contributed by atoms with van der Waals surface area (Å²) < 4.78 is 46.5. The molecule has 0 aliphatic rings. The van der Waals surface area contributed by atoms with Crippen LogP contribution in [0, 0.1) is 0 Å². The zero-order valence-electron chi connectivity index (χ0n) is 14.6. The van der Waals surface area contributed by atoms with Gasteiger partial charge in [0, 0.05) is 0 Å². The Balaban J connectivity index is 1.77. The largest absolute Gasteiger partial charge is 0.490 e. The van der Waals surface area contributed by atoms with E-state index in [4.69, 9.17) is 16.3 Å². The summed E-state index contributed by atoms with van der Waals surface area (Å²) in [7, 11) is 0. The Morgan fingerprint density at radius 1 is 1.15 bits per heavy atom. The lowest BCUT2D eigenvalue weighted by atomic mass is 10.1. The normalized spacial score (nSPS) is 12.3. The summed E-state index contributed by atoms with van der Waals surface area (Å²) >= 11 is 6.19. The van der Waals surface area contributed by atoms with E-state index in [0.717, 1.165) is 24.5 Å². The van der Waals surface area contributed by atoms with Crippen molar-refractivity contribution in [2.75, 3.05) is 13.2 Å². The first kappa shape index (κ1) is 20.9. The second-order valence-corrected chi connectivity index (χ2v) is 6.20. The average Bonchev–Trinajstić information content (AvgIpc) is 2.60. The van der Waals surface area contributed by atoms with Gasteiger partial charge in [-0.15, -0.1) is 0 Å². The summed E-state index contributed by atoms with van der Waals surface area (Å²) in [6.45, 7) is 0.769. The van der Waals surface area contributed by atoms with Gasteiger partial charge in [0.05, 0.1) is 11.6 Å². The summed E-state index contributed by atoms with van der Waals surface area (Å²) in [5.41, 5.74) is 2.17. The molecule has 1 N–H and O–H groups in total. The van der Waals surface area contributed by atoms with Crippen LogP contribution in [0.15, 0.2) is 48.5 Å². The molecule has 2 aromatic rings. The fourth-order valence-electron chi connectivity index (χ4n) is 2.19. The highest BCUT2D eigenvalue weighted by Crippen LogP contribution is 2.26. The number of alkyl halides is 3. The van der Waals surface area contributed by atoms with Gasteiger partial charge in [-0.2, -0.15) is 13.2 Å². The number of carbonyl (C=O) groups is 1. The molecule has 0 radical (unpaired) electrons. The average molecular weight is 402 g/mol. The maximum absolute atomic E-state index is 12.3. The van der Waals surface area contributed by atoms with Crippen molar-refractivity contribution in [3.05, 3.63) is 64.7 Å². The second kappa shape index (κ2) is 9.50. The molecule has 0 spiro atoms. The van der Waals surface area contributed by atoms with Gasteiger partial charge in [0.25, 0.3) is 0 Å². The summed E-state index contributed by atoms with van der Waals surface area (Å²) in [6, 6.07) is 15.3. The van der Waals surface area contributed by atoms with Crippen LogP contribution in [0.2, 0.25) is 5.02 Å². The molecule has 0 heterocycles. The van der Waals surface area contributed by atoms with Crippen molar-refractivity contribution in [1.29, 1.82) is 0 Å². The van der Waals surface area contributed by atoms with Gasteiger partial charge in [-0.05, 0) is 36.6 Å². The first-order valence-electron chi connectivity index (χ1n) is 8.22. The zero-order valence-corrected chi connectivity index (χ0v) is 15.3. The van der Waals surface area contributed by atoms with Crippen molar-refractivity contribution in [1.82, 2.24) is 5.32 Å². The lowest BCUT2D eigenvalue weighted by Gasteiger charge is -2.16. The van der Waals surface area contributed by atoms with Gasteiger partial charge in [0.15, 0.2) is 6.10 Å². The van der Waals surface area contributed by atoms with Crippen molar-refractivity contribution in [3.8, 4) is 5.75 Å². The molecular weight excluding hydrogens is 383 g/mol. The van der Waals surface area contributed by atoms with Crippen LogP contribution < -0.4 is 10.1 Å². The Morgan fingerprint density at radius 3 is 2.48 bits per heavy atom. The van der Waals surface area contributed by atoms with Crippen LogP contribution in [-0.2, 0) is 11.2 Å². The SMILES string of the molecule is CC(OC(=O)NCCOc1ccc(Cc2ccccc2)cc1Cl)C(F)(F)F. The molecule has 1 atom stereocenters. The summed E-state index contributed by atoms with van der Waals surface area (Å²) in [4.78, 5) is 11.3. The number of hydrogen-bond acceptors (Lipinski definition) is 3. The van der Waals surface area contributed by atoms with Crippen molar-refractivity contribution in [2.45, 2.75) is 25.6 Å². The van der Waals surface area contributed by atoms with Gasteiger partial charge in [0.1, 0.15) is 12.4 Å². The Kier molecular flexibility index (Phi) is 7.36. The van der Waals surface area contributed by atoms with E-state index in [1.807, 2.05) is 36.4 Å². The molecule has 0 saturated heterocycles. The number of alkyl carbamates (subject to hydrolysis) is 1. The van der Waals surface area contributed by atoms with Crippen LogP contribution >= 0.6 is 11.6 Å². The maximum Gasteiger partial charge on any atom is 0.425 e. The molecule has 2 aromatic carbocycles. The lowest BCUT2D eigenvalue weighted by molar-refractivity contribution is -0.197. The number of nitrogens with one attached hydrogen (secondary N) is 1. The van der Waals surface area contributed by atoms with Gasteiger partial charge < -0.3 is 14.8 Å². The van der Waals surface area contributed by atoms with Crippen molar-refractivity contribution >= 4 is 17.7 Å². The van der Waals surface area contributed by atoms with E-state index in [9.17, 15) is 18.0 Å². The third kappa shape index (κ3) is 7.02. The highest BCUT2D eigenvalue weighted by Gasteiger charge is 2.39. The first-order chi connectivity index (χ1) is 12.8. The van der Waals surface area contributed by atoms with Crippen LogP contribution in [0.4, 0.5) is 18.0 Å². The Bertz CT molecular complexity index is 754. The second-order valence-electron chi connectivity index (χ2n) is 5.79. The molecule has 2 rings (SSSR count). The topological polar surface area (TPSA) is 47.6 Å². The van der Waals surface area contributed by atoms with E-state index < -0.39 is 18.4 Å². The van der Waals surface area contributed by atoms with Crippen LogP contribution in [0.1, 0.15) is 18.1 Å². The molecule has 0 aromatic heterocycles. The maximum atomic E-state index is 12.3. The summed E-state index contributed by atoms with van der Waals surface area (Å²) in [5, 5.41) is 2.60. The molecule has 0 bridgehead atoms. The Labute approximate surface area is 160 Å². The molecule has 0 saturated carbocycles. The molecule has 0 aliphatic carbocycles. The molecule has 1 unspecified atom stereocenters. The highest BCUT2D eigenvalue weighted by molar-refractivity contribution is 6.32. The molecule has 0 aliphatic heterocycles. The summed E-state index contributed by atoms with van der Waals surface area (Å²) in [6.07, 6.45) is -7.20. The molecule has 0 fully saturated rings. The van der Waals surface area contributed by atoms with E-state index in [-0.39, 0.29) is 13.2 Å². The lowest BCUT2D eigenvalue weighted by Crippen LogP contribution is -2.37. The third-order valence-corrected chi connectivity index (χ3v) is 3.92. The van der Waals surface area contributed by atoms with E-state index in [1.54, 1.807) is 12.1 Å². The van der Waals surface area contributed by atoms with E-state index in [2.05, 4.69) is 10.1 Å². The predicted octanol–water partition coefficient (Wildman–Crippen LogP) is 4.99. The Hall–Kier alpha value is -2.41. The fraction of sp³-hybridized carbons (Fsp3) is 0.316. The fourth-order valence-corrected chi connectivity index (χ4v) is 2.44. The van der Waals surface area contributed by atoms with Gasteiger partial charge in [-0.25, -0.2) is 4.79 Å². The monoisotopic (exact) mass is 401 g/mol. The minimum absolute atomic E-state index is 0.0223. The van der Waals surface area contributed by atoms with Gasteiger partial charge in [0.2, 0.25) is 0 Å². The minimum atomic E-state index is -4.59. The molecule has 1 amide bonds. The number of ether oxygens (including phenoxy) is 2. The Morgan fingerprint density at radius 2 is 1.85 bits per heavy atom. The number of carbonyl (C=O) groups excluding carboxylic acids is 1. The van der Waals surface area contributed by atoms with Crippen LogP contribution in [0.3, 0.4) is 0 Å². The highest BCUT2D eigenvalue weighted by atomic mass is 35.5. The first-order valence-corrected chi connectivity index (χ1v) is 8.60. The molecule has 146 valence electrons. The summed E-state index contributed by atoms with van der Waals surface area (Å²) in [5.74, 6) is 0.423. The van der Waals surface area contributed by atoms with Crippen LogP contribution in [0.5, 0.6) is 5.75 Å². The van der Waals surface area contributed by atoms with E-state index in [1.165, 1.54) is 0 Å². The smallest absolute Gasteiger partial charge is 0.425 e. The van der Waals surface area contributed by atoms with Gasteiger partial charge in [-0.1, -0.05) is 48.0 Å². The van der Waals surface area contributed by atoms with Crippen LogP contribution in [-0.4, -0.2) is 31.5 Å². The standard InChI is InChI=1S/C19H19ClF3NO3/c1-13(19(21,22)23)27-18(25)24-9-10-26-17-8-7-15(12-16(17)20)11-14-5-3-2-4-6-14/h2-8,12-13H,9-11H2,1H3,(H,24,25). The molecule has 27 heavy (non-hydrogen) atoms. The molecular formula is C19H19ClF3NO3. The number of amides is 1. The van der Waals surface area contributed by atoms with Crippen LogP contribution in [0.25, 0.3) is 0 Å². The van der Waals surface area contributed by atoms with E-state index in [0.29, 0.717) is 10.8 Å². The predicted molar refractivity (Wildman–Crippen MR) is 96.2 cm³/mol. The van der Waals surface area contributed by atoms with Gasteiger partial charge in [-0.3, -0.25) is 0 Å². The molecule has 4 nitrogen and oxygen atoms in total. The van der Waals surface area contributed by atoms with Crippen molar-refractivity contribution in [3.63, 3.8) is 0 Å². The minimum Gasteiger partial charge on any atom is -0.490 e. The number of halogens is 4. The zero-order chi connectivity index (χ0) is 19.9. The third-order valence-electron chi connectivity index (χ3n) is 3.62. The number of benzene rings is 2. The quantitative estimate of drug-likeness (QED) is 0.665. The molecule has 8 heteroatoms. The number of hydrogen-bond donors (Lipinski definition) is 1. The van der Waals surface area contributed by atoms with Gasteiger partial charge >= 0.3 is 12.3 Å². The van der Waals surface area contributed by atoms with E-state index >= 15 is 0 Å².